The number of carbonyl (C=O) groups is 2. The Labute approximate surface area is 273 Å². The zero-order valence-corrected chi connectivity index (χ0v) is 27.0. The Morgan fingerprint density at radius 2 is 1.68 bits per heavy atom. The predicted molar refractivity (Wildman–Crippen MR) is 178 cm³/mol. The Hall–Kier alpha value is -4.25. The van der Waals surface area contributed by atoms with E-state index in [1.165, 1.54) is 25.3 Å². The number of hydrogen-bond acceptors (Lipinski definition) is 6. The molecule has 0 unspecified atom stereocenters. The zero-order chi connectivity index (χ0) is 32.5. The lowest BCUT2D eigenvalue weighted by Crippen LogP contribution is -2.52. The molecule has 0 saturated carbocycles. The zero-order valence-electron chi connectivity index (χ0n) is 27.0. The number of para-hydroxylation sites is 1. The largest absolute Gasteiger partial charge is 0.436 e. The van der Waals surface area contributed by atoms with Crippen LogP contribution in [0.4, 0.5) is 9.18 Å². The maximum atomic E-state index is 14.2. The topological polar surface area (TPSA) is 115 Å². The third-order valence-corrected chi connectivity index (χ3v) is 10.5. The third-order valence-electron chi connectivity index (χ3n) is 10.5. The molecule has 2 aromatic carbocycles. The molecule has 0 radical (unpaired) electrons. The Balaban J connectivity index is 1.04. The second-order valence-electron chi connectivity index (χ2n) is 13.5. The van der Waals surface area contributed by atoms with Gasteiger partial charge >= 0.3 is 6.09 Å². The van der Waals surface area contributed by atoms with Gasteiger partial charge < -0.3 is 24.4 Å². The van der Waals surface area contributed by atoms with Crippen molar-refractivity contribution < 1.29 is 18.7 Å². The standard InChI is InChI=1S/C36H43FN6O4/c1-23-18-24(19-27-22-38-40-32(23)27)20-31(35(45)42-16-10-28(11-17-42)41-12-3-2-4-13-41)47-36(46)43-14-8-25(9-15-43)29-21-26-6-5-7-30(37)33(26)39-34(29)44/h5-7,18-19,21-22,25,28,31H,2-4,8-17,20H2,1H3,(H,38,40)(H,39,44)/t31-/m1/s1. The number of hydrogen-bond donors (Lipinski definition) is 2. The average molecular weight is 643 g/mol. The number of pyridine rings is 1. The average Bonchev–Trinajstić information content (AvgIpc) is 3.58. The minimum Gasteiger partial charge on any atom is -0.436 e. The summed E-state index contributed by atoms with van der Waals surface area (Å²) in [6.07, 6.45) is 7.36. The van der Waals surface area contributed by atoms with Gasteiger partial charge in [-0.2, -0.15) is 5.10 Å². The van der Waals surface area contributed by atoms with E-state index in [2.05, 4.69) is 20.1 Å². The molecule has 248 valence electrons. The summed E-state index contributed by atoms with van der Waals surface area (Å²) in [7, 11) is 0. The number of halogens is 1. The van der Waals surface area contributed by atoms with Gasteiger partial charge in [0.15, 0.2) is 6.10 Å². The highest BCUT2D eigenvalue weighted by molar-refractivity contribution is 5.85. The molecule has 2 aromatic heterocycles. The summed E-state index contributed by atoms with van der Waals surface area (Å²) in [5.41, 5.74) is 3.38. The van der Waals surface area contributed by atoms with Gasteiger partial charge in [-0.15, -0.1) is 0 Å². The number of likely N-dealkylation sites (tertiary alicyclic amines) is 3. The molecule has 1 atom stereocenters. The molecule has 7 rings (SSSR count). The van der Waals surface area contributed by atoms with Crippen LogP contribution in [0.2, 0.25) is 0 Å². The van der Waals surface area contributed by atoms with Crippen LogP contribution in [0.15, 0.2) is 47.4 Å². The molecule has 3 aliphatic rings. The van der Waals surface area contributed by atoms with E-state index in [4.69, 9.17) is 4.74 Å². The second-order valence-corrected chi connectivity index (χ2v) is 13.5. The van der Waals surface area contributed by atoms with Gasteiger partial charge in [-0.3, -0.25) is 14.7 Å². The van der Waals surface area contributed by atoms with E-state index < -0.39 is 18.0 Å². The lowest BCUT2D eigenvalue weighted by molar-refractivity contribution is -0.142. The molecule has 2 N–H and O–H groups in total. The van der Waals surface area contributed by atoms with Crippen LogP contribution >= 0.6 is 0 Å². The van der Waals surface area contributed by atoms with Crippen LogP contribution in [0, 0.1) is 12.7 Å². The van der Waals surface area contributed by atoms with Gasteiger partial charge in [-0.05, 0) is 93.8 Å². The monoisotopic (exact) mass is 642 g/mol. The Morgan fingerprint density at radius 1 is 0.936 bits per heavy atom. The van der Waals surface area contributed by atoms with Crippen molar-refractivity contribution in [3.05, 3.63) is 75.5 Å². The number of fused-ring (bicyclic) bond motifs is 2. The Bertz CT molecular complexity index is 1820. The number of aromatic nitrogens is 3. The first kappa shape index (κ1) is 31.4. The van der Waals surface area contributed by atoms with Gasteiger partial charge in [-0.1, -0.05) is 24.6 Å². The smallest absolute Gasteiger partial charge is 0.410 e. The van der Waals surface area contributed by atoms with Crippen molar-refractivity contribution in [3.63, 3.8) is 0 Å². The van der Waals surface area contributed by atoms with E-state index in [-0.39, 0.29) is 29.3 Å². The molecular weight excluding hydrogens is 599 g/mol. The second kappa shape index (κ2) is 13.5. The van der Waals surface area contributed by atoms with Crippen molar-refractivity contribution in [2.45, 2.75) is 76.4 Å². The lowest BCUT2D eigenvalue weighted by atomic mass is 9.89. The predicted octanol–water partition coefficient (Wildman–Crippen LogP) is 5.26. The number of aromatic amines is 2. The normalized spacial score (nSPS) is 19.4. The molecule has 2 amide bonds. The fourth-order valence-corrected chi connectivity index (χ4v) is 7.85. The maximum absolute atomic E-state index is 14.2. The number of nitrogens with zero attached hydrogens (tertiary/aromatic N) is 4. The van der Waals surface area contributed by atoms with Gasteiger partial charge in [0, 0.05) is 55.0 Å². The van der Waals surface area contributed by atoms with Crippen LogP contribution in [0.1, 0.15) is 67.6 Å². The van der Waals surface area contributed by atoms with E-state index in [0.717, 1.165) is 48.0 Å². The molecule has 0 spiro atoms. The summed E-state index contributed by atoms with van der Waals surface area (Å²) in [5.74, 6) is -0.678. The van der Waals surface area contributed by atoms with Crippen molar-refractivity contribution >= 4 is 33.8 Å². The molecule has 4 aromatic rings. The number of aryl methyl sites for hydroxylation is 1. The maximum Gasteiger partial charge on any atom is 0.410 e. The highest BCUT2D eigenvalue weighted by Crippen LogP contribution is 2.29. The molecule has 10 nitrogen and oxygen atoms in total. The van der Waals surface area contributed by atoms with Gasteiger partial charge in [0.1, 0.15) is 5.82 Å². The fourth-order valence-electron chi connectivity index (χ4n) is 7.85. The van der Waals surface area contributed by atoms with Crippen LogP contribution in [0.3, 0.4) is 0 Å². The number of nitrogens with one attached hydrogen (secondary N) is 2. The number of carbonyl (C=O) groups excluding carboxylic acids is 2. The summed E-state index contributed by atoms with van der Waals surface area (Å²) < 4.78 is 20.3. The number of amides is 2. The number of H-pyrrole nitrogens is 2. The number of ether oxygens (including phenoxy) is 1. The van der Waals surface area contributed by atoms with Crippen molar-refractivity contribution in [1.82, 2.24) is 29.9 Å². The van der Waals surface area contributed by atoms with E-state index in [9.17, 15) is 18.8 Å². The first-order valence-corrected chi connectivity index (χ1v) is 17.1. The SMILES string of the molecule is Cc1cc(C[C@@H](OC(=O)N2CCC(c3cc4cccc(F)c4[nH]c3=O)CC2)C(=O)N2CCC(N3CCCCC3)CC2)cc2cn[nH]c12. The van der Waals surface area contributed by atoms with Gasteiger partial charge in [0.25, 0.3) is 11.5 Å². The summed E-state index contributed by atoms with van der Waals surface area (Å²) >= 11 is 0. The molecular formula is C36H43FN6O4. The minimum atomic E-state index is -0.950. The summed E-state index contributed by atoms with van der Waals surface area (Å²) in [6, 6.07) is 11.0. The molecule has 0 aliphatic carbocycles. The molecule has 3 fully saturated rings. The van der Waals surface area contributed by atoms with Crippen molar-refractivity contribution in [3.8, 4) is 0 Å². The quantitative estimate of drug-likeness (QED) is 0.297. The lowest BCUT2D eigenvalue weighted by Gasteiger charge is -2.41. The molecule has 11 heteroatoms. The van der Waals surface area contributed by atoms with Crippen LogP contribution in [0.25, 0.3) is 21.8 Å². The van der Waals surface area contributed by atoms with Crippen LogP contribution < -0.4 is 5.56 Å². The van der Waals surface area contributed by atoms with Crippen molar-refractivity contribution in [2.24, 2.45) is 0 Å². The fraction of sp³-hybridized carbons (Fsp3) is 0.500. The van der Waals surface area contributed by atoms with Crippen LogP contribution in [-0.4, -0.2) is 93.3 Å². The molecule has 3 aliphatic heterocycles. The first-order chi connectivity index (χ1) is 22.8. The summed E-state index contributed by atoms with van der Waals surface area (Å²) in [4.78, 5) is 49.3. The van der Waals surface area contributed by atoms with E-state index in [1.807, 2.05) is 24.0 Å². The molecule has 47 heavy (non-hydrogen) atoms. The first-order valence-electron chi connectivity index (χ1n) is 17.1. The van der Waals surface area contributed by atoms with Gasteiger partial charge in [-0.25, -0.2) is 9.18 Å². The Kier molecular flexibility index (Phi) is 8.98. The minimum absolute atomic E-state index is 0.0706. The van der Waals surface area contributed by atoms with Gasteiger partial charge in [0.2, 0.25) is 0 Å². The van der Waals surface area contributed by atoms with Crippen molar-refractivity contribution in [1.29, 1.82) is 0 Å². The molecule has 0 bridgehead atoms. The van der Waals surface area contributed by atoms with Crippen LogP contribution in [-0.2, 0) is 16.0 Å². The van der Waals surface area contributed by atoms with E-state index >= 15 is 0 Å². The van der Waals surface area contributed by atoms with E-state index in [0.29, 0.717) is 56.0 Å². The third kappa shape index (κ3) is 6.63. The van der Waals surface area contributed by atoms with Gasteiger partial charge in [0.05, 0.1) is 17.2 Å². The highest BCUT2D eigenvalue weighted by Gasteiger charge is 2.35. The van der Waals surface area contributed by atoms with E-state index in [1.54, 1.807) is 29.3 Å². The molecule has 5 heterocycles. The number of benzene rings is 2. The highest BCUT2D eigenvalue weighted by atomic mass is 19.1. The van der Waals surface area contributed by atoms with Crippen molar-refractivity contribution in [2.75, 3.05) is 39.3 Å². The van der Waals surface area contributed by atoms with Crippen LogP contribution in [0.5, 0.6) is 0 Å². The number of rotatable bonds is 6. The summed E-state index contributed by atoms with van der Waals surface area (Å²) in [6.45, 7) is 6.38. The summed E-state index contributed by atoms with van der Waals surface area (Å²) in [5, 5.41) is 8.78. The number of piperidine rings is 3. The molecule has 3 saturated heterocycles. The Morgan fingerprint density at radius 3 is 2.45 bits per heavy atom.